The second-order valence-electron chi connectivity index (χ2n) is 4.80. The Morgan fingerprint density at radius 3 is 2.64 bits per heavy atom. The summed E-state index contributed by atoms with van der Waals surface area (Å²) in [5.41, 5.74) is 1.76. The Bertz CT molecular complexity index is 924. The first kappa shape index (κ1) is 18.0. The Hall–Kier alpha value is -1.80. The van der Waals surface area contributed by atoms with Crippen LogP contribution in [0.2, 0.25) is 8.67 Å². The molecule has 1 N–H and O–H groups in total. The fourth-order valence-corrected chi connectivity index (χ4v) is 4.31. The average Bonchev–Trinajstić information content (AvgIpc) is 3.19. The number of benzene rings is 1. The predicted octanol–water partition coefficient (Wildman–Crippen LogP) is 5.45. The largest absolute Gasteiger partial charge is 0.497 e. The van der Waals surface area contributed by atoms with Gasteiger partial charge in [-0.05, 0) is 24.3 Å². The molecule has 0 aliphatic heterocycles. The smallest absolute Gasteiger partial charge is 0.261 e. The van der Waals surface area contributed by atoms with Crippen LogP contribution in [-0.2, 0) is 0 Å². The summed E-state index contributed by atoms with van der Waals surface area (Å²) >= 11 is 14.7. The highest BCUT2D eigenvalue weighted by molar-refractivity contribution is 7.20. The molecular formula is C16H12Cl2N2O3S2. The van der Waals surface area contributed by atoms with Gasteiger partial charge < -0.3 is 9.47 Å². The number of halogens is 2. The van der Waals surface area contributed by atoms with Crippen molar-refractivity contribution in [2.24, 2.45) is 0 Å². The lowest BCUT2D eigenvalue weighted by atomic mass is 10.1. The summed E-state index contributed by atoms with van der Waals surface area (Å²) < 4.78 is 11.5. The maximum atomic E-state index is 12.6. The van der Waals surface area contributed by atoms with Crippen LogP contribution in [0.5, 0.6) is 11.5 Å². The molecular weight excluding hydrogens is 403 g/mol. The van der Waals surface area contributed by atoms with Gasteiger partial charge in [-0.1, -0.05) is 23.2 Å². The lowest BCUT2D eigenvalue weighted by molar-refractivity contribution is 0.102. The van der Waals surface area contributed by atoms with Gasteiger partial charge in [-0.15, -0.1) is 22.7 Å². The van der Waals surface area contributed by atoms with E-state index < -0.39 is 0 Å². The minimum atomic E-state index is -0.342. The number of anilines is 1. The highest BCUT2D eigenvalue weighted by atomic mass is 35.5. The van der Waals surface area contributed by atoms with Gasteiger partial charge in [0, 0.05) is 10.9 Å². The average molecular weight is 415 g/mol. The van der Waals surface area contributed by atoms with Gasteiger partial charge in [-0.3, -0.25) is 10.1 Å². The van der Waals surface area contributed by atoms with E-state index in [1.807, 2.05) is 5.38 Å². The summed E-state index contributed by atoms with van der Waals surface area (Å²) in [6, 6.07) is 6.76. The van der Waals surface area contributed by atoms with Crippen LogP contribution in [0.1, 0.15) is 10.4 Å². The summed E-state index contributed by atoms with van der Waals surface area (Å²) in [6.07, 6.45) is 0. The monoisotopic (exact) mass is 414 g/mol. The number of nitrogens with zero attached hydrogens (tertiary/aromatic N) is 1. The number of rotatable bonds is 5. The number of thiazole rings is 1. The zero-order valence-electron chi connectivity index (χ0n) is 13.1. The zero-order chi connectivity index (χ0) is 18.0. The molecule has 0 aliphatic carbocycles. The Morgan fingerprint density at radius 2 is 2.00 bits per heavy atom. The summed E-state index contributed by atoms with van der Waals surface area (Å²) in [7, 11) is 3.04. The molecule has 1 aromatic carbocycles. The van der Waals surface area contributed by atoms with E-state index in [0.717, 1.165) is 5.56 Å². The van der Waals surface area contributed by atoms with Crippen molar-refractivity contribution < 1.29 is 14.3 Å². The van der Waals surface area contributed by atoms with Crippen LogP contribution in [0, 0.1) is 0 Å². The van der Waals surface area contributed by atoms with Gasteiger partial charge in [-0.25, -0.2) is 4.98 Å². The summed E-state index contributed by atoms with van der Waals surface area (Å²) in [5, 5.41) is 5.02. The van der Waals surface area contributed by atoms with Gasteiger partial charge in [0.05, 0.1) is 29.8 Å². The third kappa shape index (κ3) is 3.90. The standard InChI is InChI=1S/C16H12Cl2N2O3S2/c1-22-8-3-4-12(23-2)10(5-8)15(21)20-16-19-11(7-24-16)9-6-13(17)25-14(9)18/h3-7H,1-2H3,(H,19,20,21). The maximum absolute atomic E-state index is 12.6. The van der Waals surface area contributed by atoms with Crippen molar-refractivity contribution in [1.82, 2.24) is 4.98 Å². The van der Waals surface area contributed by atoms with E-state index >= 15 is 0 Å². The van der Waals surface area contributed by atoms with Gasteiger partial charge in [0.25, 0.3) is 5.91 Å². The molecule has 2 aromatic heterocycles. The molecule has 0 spiro atoms. The lowest BCUT2D eigenvalue weighted by Crippen LogP contribution is -2.13. The number of aromatic nitrogens is 1. The molecule has 0 atom stereocenters. The van der Waals surface area contributed by atoms with Crippen molar-refractivity contribution in [2.75, 3.05) is 19.5 Å². The zero-order valence-corrected chi connectivity index (χ0v) is 16.3. The van der Waals surface area contributed by atoms with Crippen LogP contribution in [0.4, 0.5) is 5.13 Å². The van der Waals surface area contributed by atoms with E-state index in [1.165, 1.54) is 36.9 Å². The van der Waals surface area contributed by atoms with Gasteiger partial charge in [-0.2, -0.15) is 0 Å². The second-order valence-corrected chi connectivity index (χ2v) is 7.94. The molecule has 0 saturated heterocycles. The highest BCUT2D eigenvalue weighted by Crippen LogP contribution is 2.39. The molecule has 3 rings (SSSR count). The summed E-state index contributed by atoms with van der Waals surface area (Å²) in [6.45, 7) is 0. The van der Waals surface area contributed by atoms with Crippen LogP contribution >= 0.6 is 45.9 Å². The first-order valence-electron chi connectivity index (χ1n) is 6.96. The number of hydrogen-bond donors (Lipinski definition) is 1. The topological polar surface area (TPSA) is 60.5 Å². The van der Waals surface area contributed by atoms with Crippen LogP contribution in [0.25, 0.3) is 11.3 Å². The second kappa shape index (κ2) is 7.61. The molecule has 0 bridgehead atoms. The normalized spacial score (nSPS) is 10.6. The highest BCUT2D eigenvalue weighted by Gasteiger charge is 2.17. The third-order valence-electron chi connectivity index (χ3n) is 3.31. The first-order valence-corrected chi connectivity index (χ1v) is 9.41. The fourth-order valence-electron chi connectivity index (χ4n) is 2.13. The van der Waals surface area contributed by atoms with Gasteiger partial charge in [0.1, 0.15) is 15.8 Å². The Morgan fingerprint density at radius 1 is 1.20 bits per heavy atom. The molecule has 0 fully saturated rings. The number of carbonyl (C=O) groups excluding carboxylic acids is 1. The number of thiophene rings is 1. The van der Waals surface area contributed by atoms with Gasteiger partial charge in [0.15, 0.2) is 5.13 Å². The number of ether oxygens (including phenoxy) is 2. The SMILES string of the molecule is COc1ccc(OC)c(C(=O)Nc2nc(-c3cc(Cl)sc3Cl)cs2)c1. The van der Waals surface area contributed by atoms with Gasteiger partial charge in [0.2, 0.25) is 0 Å². The van der Waals surface area contributed by atoms with Crippen molar-refractivity contribution in [2.45, 2.75) is 0 Å². The minimum absolute atomic E-state index is 0.342. The number of hydrogen-bond acceptors (Lipinski definition) is 6. The molecule has 0 aliphatic rings. The number of methoxy groups -OCH3 is 2. The van der Waals surface area contributed by atoms with E-state index in [1.54, 1.807) is 24.3 Å². The number of amides is 1. The van der Waals surface area contributed by atoms with Crippen molar-refractivity contribution in [3.05, 3.63) is 43.9 Å². The Labute approximate surface area is 162 Å². The maximum Gasteiger partial charge on any atom is 0.261 e. The molecule has 5 nitrogen and oxygen atoms in total. The predicted molar refractivity (Wildman–Crippen MR) is 103 cm³/mol. The van der Waals surface area contributed by atoms with Crippen molar-refractivity contribution in [3.8, 4) is 22.8 Å². The molecule has 3 aromatic rings. The molecule has 130 valence electrons. The van der Waals surface area contributed by atoms with E-state index in [4.69, 9.17) is 32.7 Å². The van der Waals surface area contributed by atoms with E-state index in [2.05, 4.69) is 10.3 Å². The summed E-state index contributed by atoms with van der Waals surface area (Å²) in [5.74, 6) is 0.666. The molecule has 1 amide bonds. The molecule has 0 radical (unpaired) electrons. The van der Waals surface area contributed by atoms with Crippen molar-refractivity contribution >= 4 is 56.9 Å². The molecule has 0 saturated carbocycles. The third-order valence-corrected chi connectivity index (χ3v) is 5.55. The van der Waals surface area contributed by atoms with Crippen molar-refractivity contribution in [1.29, 1.82) is 0 Å². The van der Waals surface area contributed by atoms with E-state index in [-0.39, 0.29) is 5.91 Å². The van der Waals surface area contributed by atoms with Crippen LogP contribution < -0.4 is 14.8 Å². The minimum Gasteiger partial charge on any atom is -0.497 e. The Kier molecular flexibility index (Phi) is 5.48. The molecule has 0 unspecified atom stereocenters. The van der Waals surface area contributed by atoms with Crippen LogP contribution in [0.15, 0.2) is 29.6 Å². The number of nitrogens with one attached hydrogen (secondary N) is 1. The van der Waals surface area contributed by atoms with E-state index in [9.17, 15) is 4.79 Å². The quantitative estimate of drug-likeness (QED) is 0.602. The fraction of sp³-hybridized carbons (Fsp3) is 0.125. The van der Waals surface area contributed by atoms with E-state index in [0.29, 0.717) is 36.6 Å². The van der Waals surface area contributed by atoms with Crippen LogP contribution in [0.3, 0.4) is 0 Å². The van der Waals surface area contributed by atoms with Gasteiger partial charge >= 0.3 is 0 Å². The Balaban J connectivity index is 1.84. The summed E-state index contributed by atoms with van der Waals surface area (Å²) in [4.78, 5) is 16.9. The number of carbonyl (C=O) groups is 1. The molecule has 25 heavy (non-hydrogen) atoms. The van der Waals surface area contributed by atoms with Crippen molar-refractivity contribution in [3.63, 3.8) is 0 Å². The molecule has 2 heterocycles. The molecule has 9 heteroatoms. The van der Waals surface area contributed by atoms with Crippen LogP contribution in [-0.4, -0.2) is 25.1 Å². The lowest BCUT2D eigenvalue weighted by Gasteiger charge is -2.09. The first-order chi connectivity index (χ1) is 12.0.